The van der Waals surface area contributed by atoms with Gasteiger partial charge >= 0.3 is 6.18 Å². The van der Waals surface area contributed by atoms with Crippen molar-refractivity contribution in [3.05, 3.63) is 58.6 Å². The standard InChI is InChI=1S/C18H13ClF3N5OS/c19-13-5-6-14-15(7-13)26-27(25-14)9-17(8-23,10-28)24-16(29)11-1-3-12(4-2-11)18(20,21)22/h1-7,28H,9-10H2,(H,24,29). The van der Waals surface area contributed by atoms with Crippen molar-refractivity contribution < 1.29 is 18.3 Å². The molecule has 6 nitrogen and oxygen atoms in total. The lowest BCUT2D eigenvalue weighted by atomic mass is 10.0. The van der Waals surface area contributed by atoms with Crippen molar-refractivity contribution >= 4 is 39.8 Å². The quantitative estimate of drug-likeness (QED) is 0.593. The molecule has 0 fully saturated rings. The second kappa shape index (κ2) is 7.94. The van der Waals surface area contributed by atoms with Gasteiger partial charge in [-0.2, -0.15) is 33.4 Å². The van der Waals surface area contributed by atoms with Gasteiger partial charge in [-0.15, -0.1) is 0 Å². The lowest BCUT2D eigenvalue weighted by molar-refractivity contribution is -0.137. The Labute approximate surface area is 173 Å². The summed E-state index contributed by atoms with van der Waals surface area (Å²) in [5.41, 5.74) is -1.08. The molecule has 0 aliphatic heterocycles. The number of thiocarbonyl (C=S) groups is 1. The Kier molecular flexibility index (Phi) is 5.75. The molecule has 11 heteroatoms. The third-order valence-corrected chi connectivity index (χ3v) is 4.68. The van der Waals surface area contributed by atoms with Crippen LogP contribution in [-0.4, -0.2) is 37.2 Å². The minimum absolute atomic E-state index is 0.00841. The predicted octanol–water partition coefficient (Wildman–Crippen LogP) is 3.32. The zero-order valence-electron chi connectivity index (χ0n) is 14.6. The van der Waals surface area contributed by atoms with Crippen LogP contribution in [0.1, 0.15) is 11.1 Å². The van der Waals surface area contributed by atoms with Gasteiger partial charge in [0.2, 0.25) is 0 Å². The van der Waals surface area contributed by atoms with Crippen LogP contribution in [0.4, 0.5) is 13.2 Å². The first-order valence-electron chi connectivity index (χ1n) is 8.18. The molecule has 2 aromatic carbocycles. The Hall–Kier alpha value is -2.74. The number of aromatic nitrogens is 3. The van der Waals surface area contributed by atoms with Crippen LogP contribution in [0.5, 0.6) is 0 Å². The fourth-order valence-corrected chi connectivity index (χ4v) is 3.07. The Morgan fingerprint density at radius 2 is 1.83 bits per heavy atom. The van der Waals surface area contributed by atoms with Crippen LogP contribution in [0.15, 0.2) is 42.5 Å². The highest BCUT2D eigenvalue weighted by Gasteiger charge is 2.33. The molecule has 0 amide bonds. The molecule has 1 aromatic heterocycles. The van der Waals surface area contributed by atoms with E-state index in [1.165, 1.54) is 16.9 Å². The van der Waals surface area contributed by atoms with Gasteiger partial charge in [0.1, 0.15) is 16.0 Å². The van der Waals surface area contributed by atoms with Crippen LogP contribution in [0.3, 0.4) is 0 Å². The molecule has 0 saturated heterocycles. The second-order valence-corrected chi connectivity index (χ2v) is 7.09. The third-order valence-electron chi connectivity index (χ3n) is 4.11. The number of aliphatic hydroxyl groups is 1. The summed E-state index contributed by atoms with van der Waals surface area (Å²) in [5, 5.41) is 31.1. The number of benzene rings is 2. The number of nitrogens with zero attached hydrogens (tertiary/aromatic N) is 4. The van der Waals surface area contributed by atoms with Crippen LogP contribution in [0, 0.1) is 11.3 Å². The van der Waals surface area contributed by atoms with Gasteiger partial charge < -0.3 is 10.4 Å². The highest BCUT2D eigenvalue weighted by molar-refractivity contribution is 7.80. The average molecular weight is 440 g/mol. The molecule has 0 aliphatic carbocycles. The fraction of sp³-hybridized carbons (Fsp3) is 0.222. The van der Waals surface area contributed by atoms with E-state index in [1.807, 2.05) is 6.07 Å². The van der Waals surface area contributed by atoms with Crippen LogP contribution >= 0.6 is 23.8 Å². The van der Waals surface area contributed by atoms with Crippen molar-refractivity contribution in [2.24, 2.45) is 0 Å². The van der Waals surface area contributed by atoms with Crippen molar-refractivity contribution in [2.45, 2.75) is 18.3 Å². The normalized spacial score (nSPS) is 13.7. The highest BCUT2D eigenvalue weighted by atomic mass is 35.5. The fourth-order valence-electron chi connectivity index (χ4n) is 2.57. The minimum Gasteiger partial charge on any atom is -0.393 e. The summed E-state index contributed by atoms with van der Waals surface area (Å²) in [4.78, 5) is 1.23. The molecule has 1 heterocycles. The van der Waals surface area contributed by atoms with Crippen molar-refractivity contribution in [3.8, 4) is 6.07 Å². The van der Waals surface area contributed by atoms with E-state index in [9.17, 15) is 23.5 Å². The van der Waals surface area contributed by atoms with Crippen molar-refractivity contribution in [2.75, 3.05) is 6.61 Å². The number of hydrogen-bond acceptors (Lipinski definition) is 5. The van der Waals surface area contributed by atoms with Crippen LogP contribution in [0.2, 0.25) is 5.02 Å². The summed E-state index contributed by atoms with van der Waals surface area (Å²) in [6, 6.07) is 11.0. The Balaban J connectivity index is 1.82. The number of alkyl halides is 3. The molecule has 1 atom stereocenters. The van der Waals surface area contributed by atoms with Crippen molar-refractivity contribution in [1.82, 2.24) is 20.3 Å². The van der Waals surface area contributed by atoms with Crippen LogP contribution < -0.4 is 5.32 Å². The van der Waals surface area contributed by atoms with E-state index in [-0.39, 0.29) is 17.1 Å². The zero-order chi connectivity index (χ0) is 21.2. The Morgan fingerprint density at radius 3 is 2.41 bits per heavy atom. The van der Waals surface area contributed by atoms with E-state index in [2.05, 4.69) is 15.5 Å². The summed E-state index contributed by atoms with van der Waals surface area (Å²) in [7, 11) is 0. The summed E-state index contributed by atoms with van der Waals surface area (Å²) >= 11 is 11.1. The average Bonchev–Trinajstić information content (AvgIpc) is 3.07. The maximum absolute atomic E-state index is 12.7. The third kappa shape index (κ3) is 4.64. The molecule has 1 unspecified atom stereocenters. The van der Waals surface area contributed by atoms with Crippen molar-refractivity contribution in [1.29, 1.82) is 5.26 Å². The Morgan fingerprint density at radius 1 is 1.17 bits per heavy atom. The van der Waals surface area contributed by atoms with Gasteiger partial charge in [0.15, 0.2) is 5.54 Å². The summed E-state index contributed by atoms with van der Waals surface area (Å²) < 4.78 is 38.1. The smallest absolute Gasteiger partial charge is 0.393 e. The Bertz CT molecular complexity index is 1090. The van der Waals surface area contributed by atoms with E-state index >= 15 is 0 Å². The molecule has 3 aromatic rings. The molecule has 0 bridgehead atoms. The van der Waals surface area contributed by atoms with E-state index in [1.54, 1.807) is 18.2 Å². The van der Waals surface area contributed by atoms with E-state index in [0.29, 0.717) is 16.1 Å². The first-order valence-corrected chi connectivity index (χ1v) is 8.97. The maximum Gasteiger partial charge on any atom is 0.416 e. The first kappa shape index (κ1) is 21.0. The number of fused-ring (bicyclic) bond motifs is 1. The lowest BCUT2D eigenvalue weighted by Crippen LogP contribution is -2.53. The van der Waals surface area contributed by atoms with E-state index < -0.39 is 23.9 Å². The zero-order valence-corrected chi connectivity index (χ0v) is 16.2. The largest absolute Gasteiger partial charge is 0.416 e. The summed E-state index contributed by atoms with van der Waals surface area (Å²) in [5.74, 6) is 0. The SMILES string of the molecule is N#CC(CO)(Cn1nc2ccc(Cl)cc2n1)NC(=S)c1ccc(C(F)(F)F)cc1. The topological polar surface area (TPSA) is 86.8 Å². The molecule has 150 valence electrons. The second-order valence-electron chi connectivity index (χ2n) is 6.24. The van der Waals surface area contributed by atoms with Gasteiger partial charge in [0.25, 0.3) is 0 Å². The summed E-state index contributed by atoms with van der Waals surface area (Å²) in [6.07, 6.45) is -4.47. The molecule has 0 saturated carbocycles. The molecule has 0 radical (unpaired) electrons. The van der Waals surface area contributed by atoms with Gasteiger partial charge in [-0.1, -0.05) is 36.0 Å². The lowest BCUT2D eigenvalue weighted by Gasteiger charge is -2.26. The van der Waals surface area contributed by atoms with Crippen LogP contribution in [0.25, 0.3) is 11.0 Å². The van der Waals surface area contributed by atoms with E-state index in [0.717, 1.165) is 12.1 Å². The van der Waals surface area contributed by atoms with Gasteiger partial charge in [-0.25, -0.2) is 0 Å². The molecular weight excluding hydrogens is 427 g/mol. The number of hydrogen-bond donors (Lipinski definition) is 2. The molecule has 3 rings (SSSR count). The molecule has 29 heavy (non-hydrogen) atoms. The monoisotopic (exact) mass is 439 g/mol. The first-order chi connectivity index (χ1) is 13.7. The molecule has 0 aliphatic rings. The number of nitriles is 1. The van der Waals surface area contributed by atoms with E-state index in [4.69, 9.17) is 23.8 Å². The highest BCUT2D eigenvalue weighted by Crippen LogP contribution is 2.29. The number of rotatable bonds is 5. The van der Waals surface area contributed by atoms with Gasteiger partial charge in [-0.3, -0.25) is 0 Å². The molecule has 0 spiro atoms. The van der Waals surface area contributed by atoms with Crippen LogP contribution in [-0.2, 0) is 12.7 Å². The summed E-state index contributed by atoms with van der Waals surface area (Å²) in [6.45, 7) is -0.796. The number of aliphatic hydroxyl groups excluding tert-OH is 1. The number of nitrogens with one attached hydrogen (secondary N) is 1. The predicted molar refractivity (Wildman–Crippen MR) is 104 cm³/mol. The minimum atomic E-state index is -4.47. The van der Waals surface area contributed by atoms with Gasteiger partial charge in [0, 0.05) is 10.6 Å². The molecular formula is C18H13ClF3N5OS. The maximum atomic E-state index is 12.7. The van der Waals surface area contributed by atoms with Crippen molar-refractivity contribution in [3.63, 3.8) is 0 Å². The number of halogens is 4. The van der Waals surface area contributed by atoms with Gasteiger partial charge in [-0.05, 0) is 30.3 Å². The molecule has 2 N–H and O–H groups in total. The van der Waals surface area contributed by atoms with Gasteiger partial charge in [0.05, 0.1) is 24.8 Å².